The van der Waals surface area contributed by atoms with Crippen LogP contribution >= 0.6 is 0 Å². The van der Waals surface area contributed by atoms with Gasteiger partial charge in [-0.05, 0) is 37.9 Å². The Morgan fingerprint density at radius 2 is 1.90 bits per heavy atom. The first-order chi connectivity index (χ1) is 13.9. The Kier molecular flexibility index (Phi) is 8.55. The second-order valence-corrected chi connectivity index (χ2v) is 6.97. The fourth-order valence-electron chi connectivity index (χ4n) is 2.90. The molecule has 0 heterocycles. The Balaban J connectivity index is 2.05. The van der Waals surface area contributed by atoms with Crippen LogP contribution in [0.2, 0.25) is 0 Å². The summed E-state index contributed by atoms with van der Waals surface area (Å²) in [6.07, 6.45) is 0.0129. The van der Waals surface area contributed by atoms with E-state index in [9.17, 15) is 4.79 Å². The molecule has 2 aromatic rings. The summed E-state index contributed by atoms with van der Waals surface area (Å²) in [5.74, 6) is 1.10. The molecule has 0 saturated carbocycles. The van der Waals surface area contributed by atoms with E-state index in [1.54, 1.807) is 7.11 Å². The number of ether oxygens (including phenoxy) is 3. The number of hydrogen-bond donors (Lipinski definition) is 1. The van der Waals surface area contributed by atoms with E-state index in [2.05, 4.69) is 6.58 Å². The molecule has 156 valence electrons. The number of aliphatic carboxylic acids is 1. The van der Waals surface area contributed by atoms with E-state index in [1.807, 2.05) is 67.5 Å². The Morgan fingerprint density at radius 3 is 2.59 bits per heavy atom. The number of para-hydroxylation sites is 1. The van der Waals surface area contributed by atoms with E-state index in [0.29, 0.717) is 18.9 Å². The molecule has 0 aliphatic rings. The van der Waals surface area contributed by atoms with Gasteiger partial charge in [0.05, 0.1) is 19.3 Å². The first kappa shape index (κ1) is 22.3. The highest BCUT2D eigenvalue weighted by Gasteiger charge is 2.15. The second kappa shape index (κ2) is 11.1. The van der Waals surface area contributed by atoms with Crippen molar-refractivity contribution in [2.45, 2.75) is 18.9 Å². The summed E-state index contributed by atoms with van der Waals surface area (Å²) in [6.45, 7) is 4.77. The molecule has 0 bridgehead atoms. The van der Waals surface area contributed by atoms with Crippen LogP contribution in [0.4, 0.5) is 0 Å². The lowest BCUT2D eigenvalue weighted by Crippen LogP contribution is -2.33. The van der Waals surface area contributed by atoms with Gasteiger partial charge in [0.25, 0.3) is 0 Å². The highest BCUT2D eigenvalue weighted by Crippen LogP contribution is 2.31. The number of carboxylic acids is 1. The van der Waals surface area contributed by atoms with Gasteiger partial charge in [-0.2, -0.15) is 0 Å². The van der Waals surface area contributed by atoms with E-state index in [0.717, 1.165) is 22.6 Å². The topological polar surface area (TPSA) is 68.2 Å². The number of carboxylic acid groups (broad SMARTS) is 1. The molecule has 0 saturated heterocycles. The lowest BCUT2D eigenvalue weighted by Gasteiger charge is -2.24. The minimum Gasteiger partial charge on any atom is -0.496 e. The van der Waals surface area contributed by atoms with E-state index >= 15 is 0 Å². The number of nitrogens with zero attached hydrogens (tertiary/aromatic N) is 1. The molecular weight excluding hydrogens is 370 g/mol. The molecule has 2 rings (SSSR count). The van der Waals surface area contributed by atoms with Crippen molar-refractivity contribution in [1.29, 1.82) is 0 Å². The predicted molar refractivity (Wildman–Crippen MR) is 113 cm³/mol. The molecule has 0 fully saturated rings. The van der Waals surface area contributed by atoms with Crippen LogP contribution < -0.4 is 9.47 Å². The molecule has 0 aliphatic heterocycles. The van der Waals surface area contributed by atoms with Gasteiger partial charge in [0.15, 0.2) is 0 Å². The first-order valence-electron chi connectivity index (χ1n) is 9.46. The van der Waals surface area contributed by atoms with Gasteiger partial charge in [-0.3, -0.25) is 4.79 Å². The summed E-state index contributed by atoms with van der Waals surface area (Å²) in [5, 5.41) is 8.81. The monoisotopic (exact) mass is 399 g/mol. The van der Waals surface area contributed by atoms with Crippen molar-refractivity contribution in [2.24, 2.45) is 0 Å². The third kappa shape index (κ3) is 7.50. The number of rotatable bonds is 12. The number of benzene rings is 2. The molecule has 29 heavy (non-hydrogen) atoms. The van der Waals surface area contributed by atoms with E-state index in [1.165, 1.54) is 0 Å². The second-order valence-electron chi connectivity index (χ2n) is 6.97. The lowest BCUT2D eigenvalue weighted by atomic mass is 10.0. The Bertz CT molecular complexity index is 818. The van der Waals surface area contributed by atoms with E-state index in [-0.39, 0.29) is 18.9 Å². The van der Waals surface area contributed by atoms with Gasteiger partial charge in [0, 0.05) is 18.5 Å². The molecule has 0 aliphatic carbocycles. The van der Waals surface area contributed by atoms with Crippen LogP contribution in [0.5, 0.6) is 11.5 Å². The summed E-state index contributed by atoms with van der Waals surface area (Å²) in [4.78, 5) is 12.7. The van der Waals surface area contributed by atoms with Gasteiger partial charge in [-0.25, -0.2) is 0 Å². The van der Waals surface area contributed by atoms with Gasteiger partial charge in [0.1, 0.15) is 24.2 Å². The molecule has 2 aromatic carbocycles. The summed E-state index contributed by atoms with van der Waals surface area (Å²) in [5.41, 5.74) is 1.99. The molecule has 0 aromatic heterocycles. The van der Waals surface area contributed by atoms with Crippen molar-refractivity contribution < 1.29 is 24.1 Å². The Hall–Kier alpha value is -2.99. The van der Waals surface area contributed by atoms with Gasteiger partial charge < -0.3 is 24.2 Å². The third-order valence-electron chi connectivity index (χ3n) is 4.21. The highest BCUT2D eigenvalue weighted by molar-refractivity contribution is 5.71. The maximum atomic E-state index is 10.7. The average Bonchev–Trinajstić information content (AvgIpc) is 2.70. The fraction of sp³-hybridized carbons (Fsp3) is 0.348. The molecule has 0 radical (unpaired) electrons. The summed E-state index contributed by atoms with van der Waals surface area (Å²) < 4.78 is 17.3. The van der Waals surface area contributed by atoms with Crippen LogP contribution in [-0.4, -0.2) is 56.4 Å². The predicted octanol–water partition coefficient (Wildman–Crippen LogP) is 4.07. The molecule has 6 heteroatoms. The minimum absolute atomic E-state index is 0.00463. The Labute approximate surface area is 172 Å². The van der Waals surface area contributed by atoms with Gasteiger partial charge in [-0.15, -0.1) is 0 Å². The summed E-state index contributed by atoms with van der Waals surface area (Å²) in [6, 6.07) is 15.6. The van der Waals surface area contributed by atoms with Gasteiger partial charge in [-0.1, -0.05) is 36.9 Å². The maximum Gasteiger partial charge on any atom is 0.303 e. The normalized spacial score (nSPS) is 11.7. The van der Waals surface area contributed by atoms with Crippen molar-refractivity contribution in [3.8, 4) is 22.6 Å². The van der Waals surface area contributed by atoms with Crippen LogP contribution in [0.3, 0.4) is 0 Å². The van der Waals surface area contributed by atoms with Crippen molar-refractivity contribution in [1.82, 2.24) is 4.90 Å². The summed E-state index contributed by atoms with van der Waals surface area (Å²) >= 11 is 0. The standard InChI is InChI=1S/C23H29NO5/c1-17(12-13-23(25)26)29-20(15-24(2)3)16-28-19-9-7-8-18(14-19)21-10-5-6-11-22(21)27-4/h5-11,14,20H,1,12-13,15-16H2,2-4H3,(H,25,26). The molecule has 1 N–H and O–H groups in total. The Morgan fingerprint density at radius 1 is 1.14 bits per heavy atom. The molecule has 1 atom stereocenters. The molecule has 0 amide bonds. The van der Waals surface area contributed by atoms with Crippen molar-refractivity contribution >= 4 is 5.97 Å². The zero-order chi connectivity index (χ0) is 21.2. The number of allylic oxidation sites excluding steroid dienone is 1. The maximum absolute atomic E-state index is 10.7. The smallest absolute Gasteiger partial charge is 0.303 e. The van der Waals surface area contributed by atoms with Crippen LogP contribution in [0.15, 0.2) is 60.9 Å². The van der Waals surface area contributed by atoms with Gasteiger partial charge in [0.2, 0.25) is 0 Å². The van der Waals surface area contributed by atoms with E-state index in [4.69, 9.17) is 19.3 Å². The van der Waals surface area contributed by atoms with Crippen molar-refractivity contribution in [3.05, 3.63) is 60.9 Å². The SMILES string of the molecule is C=C(CCC(=O)O)OC(COc1cccc(-c2ccccc2OC)c1)CN(C)C. The van der Waals surface area contributed by atoms with Crippen LogP contribution in [-0.2, 0) is 9.53 Å². The first-order valence-corrected chi connectivity index (χ1v) is 9.46. The van der Waals surface area contributed by atoms with Crippen LogP contribution in [0, 0.1) is 0 Å². The highest BCUT2D eigenvalue weighted by atomic mass is 16.5. The van der Waals surface area contributed by atoms with Crippen LogP contribution in [0.1, 0.15) is 12.8 Å². The van der Waals surface area contributed by atoms with E-state index < -0.39 is 5.97 Å². The lowest BCUT2D eigenvalue weighted by molar-refractivity contribution is -0.137. The zero-order valence-corrected chi connectivity index (χ0v) is 17.3. The summed E-state index contributed by atoms with van der Waals surface area (Å²) in [7, 11) is 5.54. The number of hydrogen-bond acceptors (Lipinski definition) is 5. The fourth-order valence-corrected chi connectivity index (χ4v) is 2.90. The molecule has 1 unspecified atom stereocenters. The largest absolute Gasteiger partial charge is 0.496 e. The molecule has 6 nitrogen and oxygen atoms in total. The zero-order valence-electron chi connectivity index (χ0n) is 17.3. The van der Waals surface area contributed by atoms with Crippen LogP contribution in [0.25, 0.3) is 11.1 Å². The number of methoxy groups -OCH3 is 1. The van der Waals surface area contributed by atoms with Crippen molar-refractivity contribution in [3.63, 3.8) is 0 Å². The van der Waals surface area contributed by atoms with Crippen molar-refractivity contribution in [2.75, 3.05) is 34.4 Å². The number of carbonyl (C=O) groups is 1. The minimum atomic E-state index is -0.872. The van der Waals surface area contributed by atoms with Gasteiger partial charge >= 0.3 is 5.97 Å². The average molecular weight is 399 g/mol. The molecule has 0 spiro atoms. The third-order valence-corrected chi connectivity index (χ3v) is 4.21. The quantitative estimate of drug-likeness (QED) is 0.543. The number of likely N-dealkylation sites (N-methyl/N-ethyl adjacent to an activating group) is 1. The molecular formula is C23H29NO5.